The summed E-state index contributed by atoms with van der Waals surface area (Å²) in [6, 6.07) is 0. The molecule has 0 spiro atoms. The number of esters is 1. The lowest BCUT2D eigenvalue weighted by atomic mass is 10.4. The molecule has 0 bridgehead atoms. The van der Waals surface area contributed by atoms with Crippen molar-refractivity contribution in [3.63, 3.8) is 0 Å². The molecule has 0 radical (unpaired) electrons. The largest absolute Gasteiger partial charge is 0.464 e. The first kappa shape index (κ1) is 11.9. The number of carbonyl (C=O) groups is 1. The number of hydrogen-bond acceptors (Lipinski definition) is 4. The summed E-state index contributed by atoms with van der Waals surface area (Å²) in [5.74, 6) is -0.672. The summed E-state index contributed by atoms with van der Waals surface area (Å²) in [5, 5.41) is 0. The van der Waals surface area contributed by atoms with Crippen molar-refractivity contribution in [2.24, 2.45) is 0 Å². The van der Waals surface area contributed by atoms with Crippen molar-refractivity contribution in [1.29, 1.82) is 0 Å². The van der Waals surface area contributed by atoms with Gasteiger partial charge in [0.1, 0.15) is 4.88 Å². The summed E-state index contributed by atoms with van der Waals surface area (Å²) in [7, 11) is 1.18. The van der Waals surface area contributed by atoms with Crippen LogP contribution in [0.1, 0.15) is 21.1 Å². The molecule has 2 heterocycles. The van der Waals surface area contributed by atoms with Crippen molar-refractivity contribution in [2.75, 3.05) is 7.11 Å². The van der Waals surface area contributed by atoms with Gasteiger partial charge in [0.15, 0.2) is 10.7 Å². The molecule has 2 aromatic heterocycles. The van der Waals surface area contributed by atoms with Crippen LogP contribution in [-0.4, -0.2) is 22.5 Å². The predicted octanol–water partition coefficient (Wildman–Crippen LogP) is 2.51. The van der Waals surface area contributed by atoms with Crippen molar-refractivity contribution in [3.05, 3.63) is 22.5 Å². The maximum atomic E-state index is 12.6. The summed E-state index contributed by atoms with van der Waals surface area (Å²) in [6.07, 6.45) is -3.16. The van der Waals surface area contributed by atoms with Gasteiger partial charge in [-0.2, -0.15) is 13.2 Å². The molecule has 0 saturated carbocycles. The molecule has 4 nitrogen and oxygen atoms in total. The normalized spacial score (nSPS) is 12.1. The van der Waals surface area contributed by atoms with E-state index in [2.05, 4.69) is 9.72 Å². The quantitative estimate of drug-likeness (QED) is 0.743. The van der Waals surface area contributed by atoms with Gasteiger partial charge in [-0.15, -0.1) is 0 Å². The van der Waals surface area contributed by atoms with E-state index in [9.17, 15) is 18.0 Å². The van der Waals surface area contributed by atoms with E-state index < -0.39 is 17.0 Å². The lowest BCUT2D eigenvalue weighted by Crippen LogP contribution is -2.05. The molecule has 2 aromatic rings. The molecule has 0 aromatic carbocycles. The highest BCUT2D eigenvalue weighted by atomic mass is 32.1. The van der Waals surface area contributed by atoms with Crippen molar-refractivity contribution in [1.82, 2.24) is 9.38 Å². The zero-order valence-electron chi connectivity index (χ0n) is 8.83. The van der Waals surface area contributed by atoms with Crippen LogP contribution in [-0.2, 0) is 10.9 Å². The van der Waals surface area contributed by atoms with Gasteiger partial charge in [0.25, 0.3) is 0 Å². The minimum atomic E-state index is -4.40. The minimum absolute atomic E-state index is 0.00410. The first-order chi connectivity index (χ1) is 7.84. The van der Waals surface area contributed by atoms with Crippen LogP contribution in [0.2, 0.25) is 0 Å². The minimum Gasteiger partial charge on any atom is -0.464 e. The number of thiazole rings is 1. The molecule has 17 heavy (non-hydrogen) atoms. The third kappa shape index (κ3) is 1.88. The molecule has 0 aliphatic heterocycles. The van der Waals surface area contributed by atoms with Gasteiger partial charge in [0.2, 0.25) is 0 Å². The average Bonchev–Trinajstić information content (AvgIpc) is 2.76. The SMILES string of the molecule is COC(=O)c1cn2c(C)c(C(F)(F)F)sc2n1. The van der Waals surface area contributed by atoms with Crippen molar-refractivity contribution < 1.29 is 22.7 Å². The molecule has 8 heteroatoms. The molecule has 0 unspecified atom stereocenters. The Morgan fingerprint density at radius 3 is 2.65 bits per heavy atom. The number of carbonyl (C=O) groups excluding carboxylic acids is 1. The van der Waals surface area contributed by atoms with E-state index in [4.69, 9.17) is 0 Å². The molecule has 0 amide bonds. The Morgan fingerprint density at radius 1 is 1.53 bits per heavy atom. The highest BCUT2D eigenvalue weighted by Crippen LogP contribution is 2.37. The molecule has 2 rings (SSSR count). The van der Waals surface area contributed by atoms with Crippen LogP contribution in [0, 0.1) is 6.92 Å². The van der Waals surface area contributed by atoms with Gasteiger partial charge >= 0.3 is 12.1 Å². The summed E-state index contributed by atoms with van der Waals surface area (Å²) in [5.41, 5.74) is 0.00993. The molecule has 92 valence electrons. The van der Waals surface area contributed by atoms with Gasteiger partial charge in [-0.25, -0.2) is 9.78 Å². The van der Waals surface area contributed by atoms with E-state index in [-0.39, 0.29) is 16.3 Å². The van der Waals surface area contributed by atoms with Gasteiger partial charge in [0.05, 0.1) is 7.11 Å². The third-order valence-electron chi connectivity index (χ3n) is 2.21. The number of alkyl halides is 3. The lowest BCUT2D eigenvalue weighted by molar-refractivity contribution is -0.135. The number of methoxy groups -OCH3 is 1. The number of ether oxygens (including phenoxy) is 1. The summed E-state index contributed by atoms with van der Waals surface area (Å²) in [4.78, 5) is 14.4. The van der Waals surface area contributed by atoms with Crippen molar-refractivity contribution >= 4 is 22.3 Å². The predicted molar refractivity (Wildman–Crippen MR) is 54.1 cm³/mol. The Balaban J connectivity index is 2.57. The zero-order valence-corrected chi connectivity index (χ0v) is 9.65. The summed E-state index contributed by atoms with van der Waals surface area (Å²) in [6.45, 7) is 1.33. The van der Waals surface area contributed by atoms with Gasteiger partial charge in [-0.3, -0.25) is 4.40 Å². The second-order valence-corrected chi connectivity index (χ2v) is 4.26. The number of nitrogens with zero attached hydrogens (tertiary/aromatic N) is 2. The van der Waals surface area contributed by atoms with Crippen LogP contribution < -0.4 is 0 Å². The van der Waals surface area contributed by atoms with Crippen molar-refractivity contribution in [3.8, 4) is 0 Å². The van der Waals surface area contributed by atoms with Crippen LogP contribution in [0.5, 0.6) is 0 Å². The Kier molecular flexibility index (Phi) is 2.61. The van der Waals surface area contributed by atoms with Crippen LogP contribution in [0.25, 0.3) is 4.96 Å². The zero-order chi connectivity index (χ0) is 12.8. The van der Waals surface area contributed by atoms with E-state index in [1.54, 1.807) is 0 Å². The van der Waals surface area contributed by atoms with Gasteiger partial charge < -0.3 is 4.74 Å². The van der Waals surface area contributed by atoms with Gasteiger partial charge in [-0.05, 0) is 6.92 Å². The lowest BCUT2D eigenvalue weighted by Gasteiger charge is -2.03. The Hall–Kier alpha value is -1.57. The van der Waals surface area contributed by atoms with Crippen molar-refractivity contribution in [2.45, 2.75) is 13.1 Å². The highest BCUT2D eigenvalue weighted by molar-refractivity contribution is 7.17. The van der Waals surface area contributed by atoms with Gasteiger partial charge in [-0.1, -0.05) is 11.3 Å². The molecular formula is C9H7F3N2O2S. The topological polar surface area (TPSA) is 43.6 Å². The molecule has 0 N–H and O–H groups in total. The molecule has 0 aliphatic carbocycles. The highest BCUT2D eigenvalue weighted by Gasteiger charge is 2.36. The van der Waals surface area contributed by atoms with Crippen LogP contribution in [0.15, 0.2) is 6.20 Å². The van der Waals surface area contributed by atoms with E-state index in [1.807, 2.05) is 0 Å². The maximum absolute atomic E-state index is 12.6. The number of rotatable bonds is 1. The third-order valence-corrected chi connectivity index (χ3v) is 3.41. The smallest absolute Gasteiger partial charge is 0.427 e. The van der Waals surface area contributed by atoms with E-state index in [0.717, 1.165) is 0 Å². The first-order valence-corrected chi connectivity index (χ1v) is 5.30. The number of aryl methyl sites for hydroxylation is 1. The van der Waals surface area contributed by atoms with Crippen LogP contribution >= 0.6 is 11.3 Å². The van der Waals surface area contributed by atoms with Crippen LogP contribution in [0.4, 0.5) is 13.2 Å². The number of aromatic nitrogens is 2. The summed E-state index contributed by atoms with van der Waals surface area (Å²) >= 11 is 0.499. The number of fused-ring (bicyclic) bond motifs is 1. The maximum Gasteiger partial charge on any atom is 0.427 e. The summed E-state index contributed by atoms with van der Waals surface area (Å²) < 4.78 is 43.4. The Labute approximate surface area is 97.6 Å². The number of halogens is 3. The van der Waals surface area contributed by atoms with Gasteiger partial charge in [0, 0.05) is 11.9 Å². The fourth-order valence-electron chi connectivity index (χ4n) is 1.42. The molecule has 0 saturated heterocycles. The molecule has 0 fully saturated rings. The Bertz CT molecular complexity index is 585. The van der Waals surface area contributed by atoms with E-state index >= 15 is 0 Å². The standard InChI is InChI=1S/C9H7F3N2O2S/c1-4-6(9(10,11)12)17-8-13-5(3-14(4)8)7(15)16-2/h3H,1-2H3. The monoisotopic (exact) mass is 264 g/mol. The van der Waals surface area contributed by atoms with Crippen LogP contribution in [0.3, 0.4) is 0 Å². The van der Waals surface area contributed by atoms with E-state index in [1.165, 1.54) is 24.6 Å². The average molecular weight is 264 g/mol. The molecular weight excluding hydrogens is 257 g/mol. The first-order valence-electron chi connectivity index (χ1n) is 4.48. The second-order valence-electron chi connectivity index (χ2n) is 3.28. The Morgan fingerprint density at radius 2 is 2.18 bits per heavy atom. The van der Waals surface area contributed by atoms with E-state index in [0.29, 0.717) is 11.3 Å². The second kappa shape index (κ2) is 3.73. The molecule has 0 atom stereocenters. The molecule has 0 aliphatic rings. The number of hydrogen-bond donors (Lipinski definition) is 0. The fraction of sp³-hybridized carbons (Fsp3) is 0.333. The fourth-order valence-corrected chi connectivity index (χ4v) is 2.39. The number of imidazole rings is 1.